The molecule has 1 aliphatic rings. The summed E-state index contributed by atoms with van der Waals surface area (Å²) in [4.78, 5) is 15.1. The van der Waals surface area contributed by atoms with Gasteiger partial charge in [0, 0.05) is 25.7 Å². The van der Waals surface area contributed by atoms with E-state index in [1.165, 1.54) is 12.3 Å². The molecule has 0 spiro atoms. The maximum absolute atomic E-state index is 12.5. The van der Waals surface area contributed by atoms with Crippen molar-refractivity contribution < 1.29 is 9.18 Å². The minimum absolute atomic E-state index is 0.156. The highest BCUT2D eigenvalue weighted by Gasteiger charge is 2.23. The summed E-state index contributed by atoms with van der Waals surface area (Å²) >= 11 is 0. The molecule has 3 nitrogen and oxygen atoms in total. The van der Waals surface area contributed by atoms with Crippen LogP contribution in [-0.4, -0.2) is 23.9 Å². The van der Waals surface area contributed by atoms with Gasteiger partial charge in [-0.05, 0) is 11.6 Å². The Kier molecular flexibility index (Phi) is 2.54. The van der Waals surface area contributed by atoms with Crippen LogP contribution in [0.3, 0.4) is 0 Å². The average Bonchev–Trinajstić information content (AvgIpc) is 2.20. The van der Waals surface area contributed by atoms with Gasteiger partial charge >= 0.3 is 0 Å². The normalized spacial score (nSPS) is 22.4. The lowest BCUT2D eigenvalue weighted by Gasteiger charge is -2.21. The Morgan fingerprint density at radius 3 is 3.00 bits per heavy atom. The van der Waals surface area contributed by atoms with Crippen LogP contribution < -0.4 is 5.32 Å². The van der Waals surface area contributed by atoms with Crippen molar-refractivity contribution in [3.8, 4) is 0 Å². The van der Waals surface area contributed by atoms with Crippen molar-refractivity contribution >= 4 is 5.78 Å². The zero-order valence-corrected chi connectivity index (χ0v) is 7.66. The van der Waals surface area contributed by atoms with Crippen LogP contribution in [0.5, 0.6) is 0 Å². The van der Waals surface area contributed by atoms with Crippen LogP contribution in [0.1, 0.15) is 17.9 Å². The molecule has 0 amide bonds. The fourth-order valence-electron chi connectivity index (χ4n) is 1.64. The molecule has 4 heteroatoms. The second-order valence-corrected chi connectivity index (χ2v) is 3.39. The van der Waals surface area contributed by atoms with Gasteiger partial charge in [0.05, 0.1) is 5.92 Å². The smallest absolute Gasteiger partial charge is 0.212 e. The number of ketones is 1. The first-order valence-electron chi connectivity index (χ1n) is 4.62. The fraction of sp³-hybridized carbons (Fsp3) is 0.400. The van der Waals surface area contributed by atoms with Crippen LogP contribution in [0.25, 0.3) is 0 Å². The molecule has 1 aliphatic heterocycles. The molecule has 1 aromatic rings. The molecule has 1 unspecified atom stereocenters. The number of aromatic nitrogens is 1. The Balaban J connectivity index is 2.20. The van der Waals surface area contributed by atoms with Crippen LogP contribution in [0.4, 0.5) is 4.39 Å². The van der Waals surface area contributed by atoms with Gasteiger partial charge in [-0.3, -0.25) is 4.79 Å². The predicted octanol–water partition coefficient (Wildman–Crippen LogP) is 0.867. The summed E-state index contributed by atoms with van der Waals surface area (Å²) in [6.07, 6.45) is 1.98. The van der Waals surface area contributed by atoms with Crippen molar-refractivity contribution in [1.82, 2.24) is 10.3 Å². The zero-order chi connectivity index (χ0) is 9.97. The average molecular weight is 194 g/mol. The zero-order valence-electron chi connectivity index (χ0n) is 7.66. The van der Waals surface area contributed by atoms with Gasteiger partial charge in [0.1, 0.15) is 5.78 Å². The van der Waals surface area contributed by atoms with E-state index >= 15 is 0 Å². The van der Waals surface area contributed by atoms with Gasteiger partial charge in [-0.25, -0.2) is 4.98 Å². The van der Waals surface area contributed by atoms with E-state index in [1.54, 1.807) is 6.07 Å². The Hall–Kier alpha value is -1.29. The molecule has 1 fully saturated rings. The van der Waals surface area contributed by atoms with Crippen LogP contribution in [0.15, 0.2) is 18.3 Å². The standard InChI is InChI=1S/C10H11FN2O/c11-10-2-1-7(5-13-10)8-6-12-4-3-9(8)14/h1-2,5,8,12H,3-4,6H2. The quantitative estimate of drug-likeness (QED) is 0.674. The number of carbonyl (C=O) groups is 1. The van der Waals surface area contributed by atoms with Crippen molar-refractivity contribution in [2.24, 2.45) is 0 Å². The van der Waals surface area contributed by atoms with E-state index in [0.29, 0.717) is 13.0 Å². The van der Waals surface area contributed by atoms with Crippen molar-refractivity contribution in [3.63, 3.8) is 0 Å². The maximum atomic E-state index is 12.5. The summed E-state index contributed by atoms with van der Waals surface area (Å²) in [6.45, 7) is 1.37. The molecule has 14 heavy (non-hydrogen) atoms. The van der Waals surface area contributed by atoms with Crippen LogP contribution in [-0.2, 0) is 4.79 Å². The molecule has 1 aromatic heterocycles. The molecule has 1 N–H and O–H groups in total. The number of carbonyl (C=O) groups excluding carboxylic acids is 1. The maximum Gasteiger partial charge on any atom is 0.212 e. The number of pyridine rings is 1. The second-order valence-electron chi connectivity index (χ2n) is 3.39. The van der Waals surface area contributed by atoms with E-state index < -0.39 is 5.95 Å². The van der Waals surface area contributed by atoms with Gasteiger partial charge in [-0.2, -0.15) is 4.39 Å². The summed E-state index contributed by atoms with van der Waals surface area (Å²) in [5.74, 6) is -0.459. The number of piperidine rings is 1. The number of Topliss-reactive ketones (excluding diaryl/α,β-unsaturated/α-hetero) is 1. The molecule has 0 aliphatic carbocycles. The van der Waals surface area contributed by atoms with Gasteiger partial charge in [0.25, 0.3) is 0 Å². The highest BCUT2D eigenvalue weighted by Crippen LogP contribution is 2.19. The van der Waals surface area contributed by atoms with Crippen LogP contribution >= 0.6 is 0 Å². The highest BCUT2D eigenvalue weighted by atomic mass is 19.1. The fourth-order valence-corrected chi connectivity index (χ4v) is 1.64. The molecule has 0 aromatic carbocycles. The van der Waals surface area contributed by atoms with E-state index in [2.05, 4.69) is 10.3 Å². The minimum atomic E-state index is -0.509. The SMILES string of the molecule is O=C1CCNCC1c1ccc(F)nc1. The molecular formula is C10H11FN2O. The molecule has 74 valence electrons. The van der Waals surface area contributed by atoms with Crippen molar-refractivity contribution in [1.29, 1.82) is 0 Å². The van der Waals surface area contributed by atoms with E-state index in [4.69, 9.17) is 0 Å². The van der Waals surface area contributed by atoms with Crippen LogP contribution in [0, 0.1) is 5.95 Å². The molecule has 0 bridgehead atoms. The Bertz CT molecular complexity index is 336. The summed E-state index contributed by atoms with van der Waals surface area (Å²) in [7, 11) is 0. The third-order valence-corrected chi connectivity index (χ3v) is 2.44. The van der Waals surface area contributed by atoms with Gasteiger partial charge in [-0.15, -0.1) is 0 Å². The summed E-state index contributed by atoms with van der Waals surface area (Å²) in [5, 5.41) is 3.14. The van der Waals surface area contributed by atoms with E-state index in [9.17, 15) is 9.18 Å². The molecule has 2 rings (SSSR count). The first kappa shape index (κ1) is 9.27. The molecular weight excluding hydrogens is 183 g/mol. The number of hydrogen-bond donors (Lipinski definition) is 1. The van der Waals surface area contributed by atoms with E-state index in [1.807, 2.05) is 0 Å². The van der Waals surface area contributed by atoms with Crippen molar-refractivity contribution in [3.05, 3.63) is 29.8 Å². The highest BCUT2D eigenvalue weighted by molar-refractivity contribution is 5.86. The third kappa shape index (κ3) is 1.80. The number of hydrogen-bond acceptors (Lipinski definition) is 3. The topological polar surface area (TPSA) is 42.0 Å². The molecule has 1 saturated heterocycles. The molecule has 2 heterocycles. The first-order valence-corrected chi connectivity index (χ1v) is 4.62. The summed E-state index contributed by atoms with van der Waals surface area (Å²) < 4.78 is 12.5. The lowest BCUT2D eigenvalue weighted by Crippen LogP contribution is -2.35. The Labute approximate surface area is 81.3 Å². The monoisotopic (exact) mass is 194 g/mol. The number of rotatable bonds is 1. The molecule has 0 radical (unpaired) electrons. The van der Waals surface area contributed by atoms with Gasteiger partial charge in [0.15, 0.2) is 0 Å². The second kappa shape index (κ2) is 3.84. The number of nitrogens with zero attached hydrogens (tertiary/aromatic N) is 1. The lowest BCUT2D eigenvalue weighted by molar-refractivity contribution is -0.121. The van der Waals surface area contributed by atoms with Crippen molar-refractivity contribution in [2.75, 3.05) is 13.1 Å². The Morgan fingerprint density at radius 1 is 1.50 bits per heavy atom. The largest absolute Gasteiger partial charge is 0.315 e. The minimum Gasteiger partial charge on any atom is -0.315 e. The molecule has 1 atom stereocenters. The van der Waals surface area contributed by atoms with E-state index in [-0.39, 0.29) is 11.7 Å². The third-order valence-electron chi connectivity index (χ3n) is 2.44. The van der Waals surface area contributed by atoms with Gasteiger partial charge < -0.3 is 5.32 Å². The van der Waals surface area contributed by atoms with Gasteiger partial charge in [0.2, 0.25) is 5.95 Å². The number of nitrogens with one attached hydrogen (secondary N) is 1. The van der Waals surface area contributed by atoms with E-state index in [0.717, 1.165) is 12.1 Å². The van der Waals surface area contributed by atoms with Crippen LogP contribution in [0.2, 0.25) is 0 Å². The predicted molar refractivity (Wildman–Crippen MR) is 49.4 cm³/mol. The lowest BCUT2D eigenvalue weighted by atomic mass is 9.92. The summed E-state index contributed by atoms with van der Waals surface area (Å²) in [6, 6.07) is 2.91. The summed E-state index contributed by atoms with van der Waals surface area (Å²) in [5.41, 5.74) is 0.795. The first-order chi connectivity index (χ1) is 6.77. The molecule has 0 saturated carbocycles. The Morgan fingerprint density at radius 2 is 2.36 bits per heavy atom. The van der Waals surface area contributed by atoms with Gasteiger partial charge in [-0.1, -0.05) is 6.07 Å². The van der Waals surface area contributed by atoms with Crippen molar-refractivity contribution in [2.45, 2.75) is 12.3 Å². The number of halogens is 1.